The van der Waals surface area contributed by atoms with Gasteiger partial charge in [0.25, 0.3) is 0 Å². The summed E-state index contributed by atoms with van der Waals surface area (Å²) in [5, 5.41) is 7.39. The summed E-state index contributed by atoms with van der Waals surface area (Å²) in [6.07, 6.45) is 3.37. The van der Waals surface area contributed by atoms with Crippen LogP contribution in [0.3, 0.4) is 0 Å². The van der Waals surface area contributed by atoms with E-state index in [9.17, 15) is 4.79 Å². The van der Waals surface area contributed by atoms with Gasteiger partial charge in [-0.25, -0.2) is 9.67 Å². The molecule has 0 fully saturated rings. The molecule has 0 saturated heterocycles. The fourth-order valence-electron chi connectivity index (χ4n) is 2.26. The molecule has 0 spiro atoms. The molecule has 3 heterocycles. The third kappa shape index (κ3) is 3.72. The standard InChI is InChI=1S/C19H21N5O2/c1-19(2,3)18(25)22-16-11-15(14-7-5-6-10-20-14)24(23-16)13-8-9-17(26-4)21-12-13/h5-12H,1-4H3,(H,22,23,25). The van der Waals surface area contributed by atoms with Crippen molar-refractivity contribution in [2.45, 2.75) is 20.8 Å². The average molecular weight is 351 g/mol. The van der Waals surface area contributed by atoms with Crippen LogP contribution in [0, 0.1) is 5.41 Å². The van der Waals surface area contributed by atoms with Gasteiger partial charge in [0.15, 0.2) is 5.82 Å². The number of carbonyl (C=O) groups excluding carboxylic acids is 1. The van der Waals surface area contributed by atoms with Gasteiger partial charge in [-0.2, -0.15) is 0 Å². The molecular weight excluding hydrogens is 330 g/mol. The number of nitrogens with zero attached hydrogens (tertiary/aromatic N) is 4. The smallest absolute Gasteiger partial charge is 0.230 e. The molecule has 1 N–H and O–H groups in total. The minimum atomic E-state index is -0.517. The first-order valence-corrected chi connectivity index (χ1v) is 8.22. The van der Waals surface area contributed by atoms with Crippen LogP contribution >= 0.6 is 0 Å². The molecule has 7 heteroatoms. The topological polar surface area (TPSA) is 81.9 Å². The largest absolute Gasteiger partial charge is 0.481 e. The van der Waals surface area contributed by atoms with Crippen LogP contribution in [-0.4, -0.2) is 32.8 Å². The van der Waals surface area contributed by atoms with Crippen LogP contribution in [0.5, 0.6) is 5.88 Å². The Balaban J connectivity index is 2.04. The van der Waals surface area contributed by atoms with Gasteiger partial charge in [-0.05, 0) is 18.2 Å². The number of aromatic nitrogens is 4. The molecular formula is C19H21N5O2. The monoisotopic (exact) mass is 351 g/mol. The van der Waals surface area contributed by atoms with E-state index in [4.69, 9.17) is 4.74 Å². The van der Waals surface area contributed by atoms with Gasteiger partial charge in [0.2, 0.25) is 11.8 Å². The van der Waals surface area contributed by atoms with Crippen LogP contribution < -0.4 is 10.1 Å². The zero-order valence-electron chi connectivity index (χ0n) is 15.2. The van der Waals surface area contributed by atoms with Crippen molar-refractivity contribution < 1.29 is 9.53 Å². The van der Waals surface area contributed by atoms with Crippen LogP contribution in [0.2, 0.25) is 0 Å². The Kier molecular flexibility index (Phi) is 4.71. The van der Waals surface area contributed by atoms with Crippen molar-refractivity contribution in [2.24, 2.45) is 5.41 Å². The van der Waals surface area contributed by atoms with Crippen LogP contribution in [0.1, 0.15) is 20.8 Å². The van der Waals surface area contributed by atoms with Gasteiger partial charge in [0.05, 0.1) is 30.4 Å². The van der Waals surface area contributed by atoms with E-state index in [1.54, 1.807) is 36.3 Å². The molecule has 7 nitrogen and oxygen atoms in total. The van der Waals surface area contributed by atoms with Crippen LogP contribution in [0.25, 0.3) is 17.1 Å². The lowest BCUT2D eigenvalue weighted by Gasteiger charge is -2.16. The zero-order chi connectivity index (χ0) is 18.7. The molecule has 0 saturated carbocycles. The van der Waals surface area contributed by atoms with E-state index in [1.807, 2.05) is 45.0 Å². The van der Waals surface area contributed by atoms with Crippen molar-refractivity contribution in [3.8, 4) is 23.0 Å². The molecule has 0 atom stereocenters. The number of hydrogen-bond donors (Lipinski definition) is 1. The molecule has 0 aliphatic heterocycles. The minimum absolute atomic E-state index is 0.109. The lowest BCUT2D eigenvalue weighted by molar-refractivity contribution is -0.123. The molecule has 26 heavy (non-hydrogen) atoms. The second-order valence-electron chi connectivity index (χ2n) is 6.80. The predicted octanol–water partition coefficient (Wildman–Crippen LogP) is 3.32. The zero-order valence-corrected chi connectivity index (χ0v) is 15.2. The second kappa shape index (κ2) is 6.95. The Morgan fingerprint density at radius 3 is 2.54 bits per heavy atom. The van der Waals surface area contributed by atoms with Crippen LogP contribution in [0.15, 0.2) is 48.8 Å². The Labute approximate surface area is 152 Å². The first-order chi connectivity index (χ1) is 12.4. The van der Waals surface area contributed by atoms with Gasteiger partial charge in [-0.3, -0.25) is 9.78 Å². The number of methoxy groups -OCH3 is 1. The van der Waals surface area contributed by atoms with E-state index < -0.39 is 5.41 Å². The summed E-state index contributed by atoms with van der Waals surface area (Å²) in [4.78, 5) is 20.9. The van der Waals surface area contributed by atoms with Crippen molar-refractivity contribution in [3.63, 3.8) is 0 Å². The van der Waals surface area contributed by atoms with Gasteiger partial charge in [0.1, 0.15) is 0 Å². The van der Waals surface area contributed by atoms with Crippen molar-refractivity contribution in [2.75, 3.05) is 12.4 Å². The molecule has 0 aliphatic carbocycles. The fraction of sp³-hybridized carbons (Fsp3) is 0.263. The van der Waals surface area contributed by atoms with Gasteiger partial charge in [0, 0.05) is 23.7 Å². The molecule has 0 bridgehead atoms. The van der Waals surface area contributed by atoms with Gasteiger partial charge in [-0.15, -0.1) is 5.10 Å². The summed E-state index contributed by atoms with van der Waals surface area (Å²) < 4.78 is 6.81. The van der Waals surface area contributed by atoms with Crippen molar-refractivity contribution in [3.05, 3.63) is 48.8 Å². The van der Waals surface area contributed by atoms with Crippen molar-refractivity contribution in [1.82, 2.24) is 19.7 Å². The number of ether oxygens (including phenoxy) is 1. The number of hydrogen-bond acceptors (Lipinski definition) is 5. The maximum atomic E-state index is 12.3. The molecule has 3 aromatic rings. The first-order valence-electron chi connectivity index (χ1n) is 8.22. The number of amides is 1. The maximum Gasteiger partial charge on any atom is 0.230 e. The highest BCUT2D eigenvalue weighted by atomic mass is 16.5. The molecule has 134 valence electrons. The van der Waals surface area contributed by atoms with Gasteiger partial charge >= 0.3 is 0 Å². The van der Waals surface area contributed by atoms with E-state index in [2.05, 4.69) is 20.4 Å². The Bertz CT molecular complexity index is 896. The second-order valence-corrected chi connectivity index (χ2v) is 6.80. The normalized spacial score (nSPS) is 11.2. The van der Waals surface area contributed by atoms with Crippen molar-refractivity contribution in [1.29, 1.82) is 0 Å². The lowest BCUT2D eigenvalue weighted by Crippen LogP contribution is -2.27. The highest BCUT2D eigenvalue weighted by Gasteiger charge is 2.23. The molecule has 1 amide bonds. The third-order valence-electron chi connectivity index (χ3n) is 3.73. The van der Waals surface area contributed by atoms with E-state index >= 15 is 0 Å². The van der Waals surface area contributed by atoms with E-state index in [0.29, 0.717) is 11.7 Å². The number of rotatable bonds is 4. The maximum absolute atomic E-state index is 12.3. The minimum Gasteiger partial charge on any atom is -0.481 e. The Hall–Kier alpha value is -3.22. The molecule has 0 aromatic carbocycles. The highest BCUT2D eigenvalue weighted by Crippen LogP contribution is 2.26. The number of anilines is 1. The SMILES string of the molecule is COc1ccc(-n2nc(NC(=O)C(C)(C)C)cc2-c2ccccn2)cn1. The quantitative estimate of drug-likeness (QED) is 0.780. The van der Waals surface area contributed by atoms with Crippen LogP contribution in [-0.2, 0) is 4.79 Å². The third-order valence-corrected chi connectivity index (χ3v) is 3.73. The van der Waals surface area contributed by atoms with Gasteiger partial charge in [-0.1, -0.05) is 26.8 Å². The molecule has 0 aliphatic rings. The van der Waals surface area contributed by atoms with E-state index in [1.165, 1.54) is 0 Å². The summed E-state index contributed by atoms with van der Waals surface area (Å²) in [6, 6.07) is 11.0. The van der Waals surface area contributed by atoms with E-state index in [0.717, 1.165) is 17.1 Å². The summed E-state index contributed by atoms with van der Waals surface area (Å²) >= 11 is 0. The molecule has 0 radical (unpaired) electrons. The Morgan fingerprint density at radius 2 is 1.96 bits per heavy atom. The van der Waals surface area contributed by atoms with Crippen molar-refractivity contribution >= 4 is 11.7 Å². The van der Waals surface area contributed by atoms with Gasteiger partial charge < -0.3 is 10.1 Å². The predicted molar refractivity (Wildman–Crippen MR) is 99.2 cm³/mol. The fourth-order valence-corrected chi connectivity index (χ4v) is 2.26. The molecule has 0 unspecified atom stereocenters. The first kappa shape index (κ1) is 17.6. The highest BCUT2D eigenvalue weighted by molar-refractivity contribution is 5.94. The number of carbonyl (C=O) groups is 1. The Morgan fingerprint density at radius 1 is 1.15 bits per heavy atom. The number of pyridine rings is 2. The number of nitrogens with one attached hydrogen (secondary N) is 1. The van der Waals surface area contributed by atoms with Crippen LogP contribution in [0.4, 0.5) is 5.82 Å². The summed E-state index contributed by atoms with van der Waals surface area (Å²) in [7, 11) is 1.56. The molecule has 3 aromatic heterocycles. The lowest BCUT2D eigenvalue weighted by atomic mass is 9.96. The summed E-state index contributed by atoms with van der Waals surface area (Å²) in [6.45, 7) is 5.56. The van der Waals surface area contributed by atoms with E-state index in [-0.39, 0.29) is 5.91 Å². The summed E-state index contributed by atoms with van der Waals surface area (Å²) in [5.74, 6) is 0.866. The average Bonchev–Trinajstić information content (AvgIpc) is 3.05. The molecule has 3 rings (SSSR count). The summed E-state index contributed by atoms with van der Waals surface area (Å²) in [5.41, 5.74) is 1.72.